The summed E-state index contributed by atoms with van der Waals surface area (Å²) in [4.78, 5) is 38.5. The van der Waals surface area contributed by atoms with Gasteiger partial charge in [-0.3, -0.25) is 14.4 Å². The molecular formula is C21H27Cl2N3O3. The minimum atomic E-state index is -0.563. The van der Waals surface area contributed by atoms with E-state index in [-0.39, 0.29) is 34.9 Å². The summed E-state index contributed by atoms with van der Waals surface area (Å²) in [6.45, 7) is 10.1. The van der Waals surface area contributed by atoms with E-state index in [0.29, 0.717) is 28.7 Å². The number of anilines is 2. The van der Waals surface area contributed by atoms with Crippen molar-refractivity contribution in [1.82, 2.24) is 5.32 Å². The van der Waals surface area contributed by atoms with Gasteiger partial charge in [-0.2, -0.15) is 0 Å². The summed E-state index contributed by atoms with van der Waals surface area (Å²) in [5.74, 6) is -0.406. The molecule has 0 aliphatic carbocycles. The minimum Gasteiger partial charge on any atom is -0.373 e. The topological polar surface area (TPSA) is 78.5 Å². The Hall–Kier alpha value is -2.05. The molecule has 1 fully saturated rings. The van der Waals surface area contributed by atoms with Crippen LogP contribution in [0.5, 0.6) is 0 Å². The molecule has 1 atom stereocenters. The highest BCUT2D eigenvalue weighted by atomic mass is 35.5. The number of imide groups is 1. The van der Waals surface area contributed by atoms with Gasteiger partial charge in [-0.05, 0) is 45.2 Å². The van der Waals surface area contributed by atoms with E-state index in [4.69, 9.17) is 23.2 Å². The van der Waals surface area contributed by atoms with Crippen molar-refractivity contribution in [3.05, 3.63) is 33.3 Å². The summed E-state index contributed by atoms with van der Waals surface area (Å²) < 4.78 is 0. The average Bonchev–Trinajstić information content (AvgIpc) is 2.91. The maximum absolute atomic E-state index is 12.7. The highest BCUT2D eigenvalue weighted by Gasteiger charge is 2.37. The first-order valence-corrected chi connectivity index (χ1v) is 10.4. The molecule has 0 aromatic heterocycles. The lowest BCUT2D eigenvalue weighted by Gasteiger charge is -2.20. The van der Waals surface area contributed by atoms with Crippen LogP contribution in [-0.4, -0.2) is 30.3 Å². The Balaban J connectivity index is 2.24. The van der Waals surface area contributed by atoms with Crippen LogP contribution in [0.15, 0.2) is 23.3 Å². The smallest absolute Gasteiger partial charge is 0.261 e. The number of hydrogen-bond acceptors (Lipinski definition) is 4. The first kappa shape index (κ1) is 23.2. The Bertz CT molecular complexity index is 861. The van der Waals surface area contributed by atoms with Crippen LogP contribution in [0.4, 0.5) is 11.4 Å². The second kappa shape index (κ2) is 9.63. The Morgan fingerprint density at radius 2 is 1.79 bits per heavy atom. The van der Waals surface area contributed by atoms with E-state index < -0.39 is 6.04 Å². The first-order chi connectivity index (χ1) is 13.5. The molecule has 1 aliphatic rings. The van der Waals surface area contributed by atoms with E-state index in [1.807, 2.05) is 0 Å². The van der Waals surface area contributed by atoms with Gasteiger partial charge in [-0.1, -0.05) is 42.6 Å². The normalized spacial score (nSPS) is 15.2. The summed E-state index contributed by atoms with van der Waals surface area (Å²) in [5, 5.41) is 6.39. The molecule has 6 nitrogen and oxygen atoms in total. The van der Waals surface area contributed by atoms with Crippen molar-refractivity contribution in [2.45, 2.75) is 53.5 Å². The van der Waals surface area contributed by atoms with Crippen LogP contribution >= 0.6 is 23.2 Å². The van der Waals surface area contributed by atoms with Gasteiger partial charge in [0.25, 0.3) is 5.91 Å². The van der Waals surface area contributed by atoms with Crippen LogP contribution < -0.4 is 15.5 Å². The van der Waals surface area contributed by atoms with E-state index in [1.54, 1.807) is 20.8 Å². The number of hydrogen-bond donors (Lipinski definition) is 2. The first-order valence-electron chi connectivity index (χ1n) is 9.59. The van der Waals surface area contributed by atoms with Crippen LogP contribution in [0, 0.1) is 5.92 Å². The lowest BCUT2D eigenvalue weighted by atomic mass is 10.1. The number of amides is 3. The monoisotopic (exact) mass is 439 g/mol. The van der Waals surface area contributed by atoms with E-state index in [9.17, 15) is 14.4 Å². The quantitative estimate of drug-likeness (QED) is 0.482. The maximum Gasteiger partial charge on any atom is 0.261 e. The zero-order valence-corrected chi connectivity index (χ0v) is 18.9. The standard InChI is InChI=1S/C21H27Cl2N3O3/c1-11(2)6-7-24-20(28)13(5)25-17-10-18(16(23)9-15(17)22)26-19(27)8-14(12(3)4)21(26)29/h9-11,13,25H,6-8H2,1-5H3,(H,24,28). The fourth-order valence-corrected chi connectivity index (χ4v) is 3.47. The number of benzene rings is 1. The average molecular weight is 440 g/mol. The van der Waals surface area contributed by atoms with E-state index in [1.165, 1.54) is 12.1 Å². The Labute approximate surface area is 181 Å². The predicted octanol–water partition coefficient (Wildman–Crippen LogP) is 4.56. The Morgan fingerprint density at radius 3 is 2.34 bits per heavy atom. The molecule has 3 amide bonds. The van der Waals surface area contributed by atoms with Crippen LogP contribution in [0.2, 0.25) is 10.0 Å². The molecule has 0 radical (unpaired) electrons. The summed E-state index contributed by atoms with van der Waals surface area (Å²) in [6.07, 6.45) is 0.924. The Kier molecular flexibility index (Phi) is 7.72. The second-order valence-electron chi connectivity index (χ2n) is 7.81. The van der Waals surface area contributed by atoms with Crippen molar-refractivity contribution < 1.29 is 14.4 Å². The molecule has 0 saturated carbocycles. The van der Waals surface area contributed by atoms with Gasteiger partial charge in [0.2, 0.25) is 11.8 Å². The number of carbonyl (C=O) groups excluding carboxylic acids is 3. The lowest BCUT2D eigenvalue weighted by molar-refractivity contribution is -0.122. The van der Waals surface area contributed by atoms with E-state index in [2.05, 4.69) is 24.5 Å². The molecule has 158 valence electrons. The molecule has 1 saturated heterocycles. The number of halogens is 2. The molecule has 1 aliphatic heterocycles. The number of carbonyl (C=O) groups is 3. The van der Waals surface area contributed by atoms with Crippen molar-refractivity contribution in [3.8, 4) is 0 Å². The Morgan fingerprint density at radius 1 is 1.14 bits per heavy atom. The molecule has 8 heteroatoms. The molecule has 29 heavy (non-hydrogen) atoms. The van der Waals surface area contributed by atoms with Crippen molar-refractivity contribution >= 4 is 52.3 Å². The largest absolute Gasteiger partial charge is 0.373 e. The van der Waals surface area contributed by atoms with Crippen LogP contribution in [0.25, 0.3) is 0 Å². The summed E-state index contributed by atoms with van der Waals surface area (Å²) in [5.41, 5.74) is 1.93. The highest BCUT2D eigenvalue weighted by Crippen LogP contribution is 2.38. The number of allylic oxidation sites excluding steroid dienone is 1. The van der Waals surface area contributed by atoms with Gasteiger partial charge in [0.1, 0.15) is 6.04 Å². The van der Waals surface area contributed by atoms with Crippen LogP contribution in [-0.2, 0) is 14.4 Å². The second-order valence-corrected chi connectivity index (χ2v) is 8.63. The number of nitrogens with zero attached hydrogens (tertiary/aromatic N) is 1. The SMILES string of the molecule is CC(C)=C1CC(=O)N(c2cc(NC(C)C(=O)NCCC(C)C)c(Cl)cc2Cl)C1=O. The van der Waals surface area contributed by atoms with Crippen molar-refractivity contribution in [3.63, 3.8) is 0 Å². The van der Waals surface area contributed by atoms with Gasteiger partial charge < -0.3 is 10.6 Å². The zero-order valence-electron chi connectivity index (χ0n) is 17.4. The fraction of sp³-hybridized carbons (Fsp3) is 0.476. The molecule has 2 rings (SSSR count). The van der Waals surface area contributed by atoms with Gasteiger partial charge in [0, 0.05) is 12.1 Å². The van der Waals surface area contributed by atoms with Gasteiger partial charge in [-0.15, -0.1) is 0 Å². The minimum absolute atomic E-state index is 0.0392. The van der Waals surface area contributed by atoms with Crippen molar-refractivity contribution in [2.24, 2.45) is 5.92 Å². The third-order valence-corrected chi connectivity index (χ3v) is 5.32. The number of rotatable bonds is 7. The summed E-state index contributed by atoms with van der Waals surface area (Å²) in [7, 11) is 0. The molecule has 0 spiro atoms. The van der Waals surface area contributed by atoms with Gasteiger partial charge in [0.05, 0.1) is 27.8 Å². The number of nitrogens with one attached hydrogen (secondary N) is 2. The summed E-state index contributed by atoms with van der Waals surface area (Å²) >= 11 is 12.6. The van der Waals surface area contributed by atoms with E-state index >= 15 is 0 Å². The van der Waals surface area contributed by atoms with Crippen molar-refractivity contribution in [1.29, 1.82) is 0 Å². The van der Waals surface area contributed by atoms with Gasteiger partial charge in [0.15, 0.2) is 0 Å². The molecule has 1 aromatic carbocycles. The van der Waals surface area contributed by atoms with Gasteiger partial charge >= 0.3 is 0 Å². The third-order valence-electron chi connectivity index (χ3n) is 4.71. The summed E-state index contributed by atoms with van der Waals surface area (Å²) in [6, 6.07) is 2.43. The molecular weight excluding hydrogens is 413 g/mol. The third kappa shape index (κ3) is 5.52. The predicted molar refractivity (Wildman–Crippen MR) is 117 cm³/mol. The fourth-order valence-electron chi connectivity index (χ4n) is 2.94. The van der Waals surface area contributed by atoms with Crippen LogP contribution in [0.3, 0.4) is 0 Å². The van der Waals surface area contributed by atoms with Crippen LogP contribution in [0.1, 0.15) is 47.5 Å². The molecule has 1 unspecified atom stereocenters. The lowest BCUT2D eigenvalue weighted by Crippen LogP contribution is -2.38. The molecule has 2 N–H and O–H groups in total. The maximum atomic E-state index is 12.7. The zero-order chi connectivity index (χ0) is 21.9. The molecule has 0 bridgehead atoms. The van der Waals surface area contributed by atoms with E-state index in [0.717, 1.165) is 16.9 Å². The molecule has 1 aromatic rings. The van der Waals surface area contributed by atoms with Gasteiger partial charge in [-0.25, -0.2) is 4.90 Å². The van der Waals surface area contributed by atoms with Crippen molar-refractivity contribution in [2.75, 3.05) is 16.8 Å². The highest BCUT2D eigenvalue weighted by molar-refractivity contribution is 6.40. The molecule has 1 heterocycles.